The molecule has 1 atom stereocenters. The Labute approximate surface area is 147 Å². The van der Waals surface area contributed by atoms with Crippen molar-refractivity contribution in [3.05, 3.63) is 54.0 Å². The summed E-state index contributed by atoms with van der Waals surface area (Å²) in [6.07, 6.45) is 1.98. The van der Waals surface area contributed by atoms with E-state index in [0.717, 1.165) is 5.56 Å². The van der Waals surface area contributed by atoms with Gasteiger partial charge in [0.1, 0.15) is 11.5 Å². The second kappa shape index (κ2) is 7.31. The summed E-state index contributed by atoms with van der Waals surface area (Å²) in [6.45, 7) is 2.01. The minimum atomic E-state index is -3.09. The highest BCUT2D eigenvalue weighted by atomic mass is 32.2. The third-order valence-electron chi connectivity index (χ3n) is 4.32. The number of benzene rings is 1. The molecule has 0 radical (unpaired) electrons. The predicted molar refractivity (Wildman–Crippen MR) is 93.0 cm³/mol. The van der Waals surface area contributed by atoms with Gasteiger partial charge in [-0.25, -0.2) is 8.42 Å². The summed E-state index contributed by atoms with van der Waals surface area (Å²) >= 11 is 0. The van der Waals surface area contributed by atoms with Gasteiger partial charge in [0.2, 0.25) is 0 Å². The molecule has 134 valence electrons. The maximum absolute atomic E-state index is 12.7. The van der Waals surface area contributed by atoms with Crippen LogP contribution in [0.2, 0.25) is 0 Å². The van der Waals surface area contributed by atoms with Crippen molar-refractivity contribution < 1.29 is 22.4 Å². The van der Waals surface area contributed by atoms with Crippen molar-refractivity contribution in [2.24, 2.45) is 0 Å². The quantitative estimate of drug-likeness (QED) is 0.786. The van der Waals surface area contributed by atoms with Gasteiger partial charge in [-0.3, -0.25) is 4.79 Å². The van der Waals surface area contributed by atoms with E-state index in [1.807, 2.05) is 25.1 Å². The van der Waals surface area contributed by atoms with Gasteiger partial charge in [-0.2, -0.15) is 0 Å². The Morgan fingerprint density at radius 3 is 2.72 bits per heavy atom. The number of hydrogen-bond donors (Lipinski definition) is 0. The molecule has 25 heavy (non-hydrogen) atoms. The number of ether oxygens (including phenoxy) is 1. The van der Waals surface area contributed by atoms with E-state index in [-0.39, 0.29) is 36.6 Å². The van der Waals surface area contributed by atoms with Crippen LogP contribution in [0.3, 0.4) is 0 Å². The third kappa shape index (κ3) is 4.42. The predicted octanol–water partition coefficient (Wildman–Crippen LogP) is 2.18. The summed E-state index contributed by atoms with van der Waals surface area (Å²) in [4.78, 5) is 14.3. The molecule has 3 rings (SSSR count). The van der Waals surface area contributed by atoms with Crippen molar-refractivity contribution in [3.8, 4) is 5.75 Å². The Kier molecular flexibility index (Phi) is 5.13. The topological polar surface area (TPSA) is 76.8 Å². The third-order valence-corrected chi connectivity index (χ3v) is 6.07. The first-order valence-corrected chi connectivity index (χ1v) is 9.97. The number of carbonyl (C=O) groups is 1. The fraction of sp³-hybridized carbons (Fsp3) is 0.389. The van der Waals surface area contributed by atoms with E-state index in [4.69, 9.17) is 9.15 Å². The van der Waals surface area contributed by atoms with Crippen LogP contribution in [-0.2, 0) is 21.2 Å². The number of aryl methyl sites for hydroxylation is 1. The molecule has 1 fully saturated rings. The lowest BCUT2D eigenvalue weighted by molar-refractivity contribution is -0.136. The molecule has 0 aliphatic carbocycles. The number of rotatable bonds is 6. The van der Waals surface area contributed by atoms with Crippen LogP contribution in [0, 0.1) is 6.92 Å². The van der Waals surface area contributed by atoms with Crippen molar-refractivity contribution >= 4 is 15.7 Å². The van der Waals surface area contributed by atoms with Crippen LogP contribution in [-0.4, -0.2) is 43.4 Å². The lowest BCUT2D eigenvalue weighted by Gasteiger charge is -2.27. The molecule has 1 amide bonds. The molecule has 1 aliphatic heterocycles. The Hall–Kier alpha value is -2.28. The fourth-order valence-corrected chi connectivity index (χ4v) is 4.68. The van der Waals surface area contributed by atoms with Crippen molar-refractivity contribution in [1.82, 2.24) is 4.90 Å². The number of hydrogen-bond acceptors (Lipinski definition) is 5. The van der Waals surface area contributed by atoms with Crippen LogP contribution >= 0.6 is 0 Å². The number of carbonyl (C=O) groups excluding carboxylic acids is 1. The summed E-state index contributed by atoms with van der Waals surface area (Å²) in [6, 6.07) is 10.6. The zero-order valence-corrected chi connectivity index (χ0v) is 14.9. The van der Waals surface area contributed by atoms with Crippen molar-refractivity contribution in [1.29, 1.82) is 0 Å². The zero-order chi connectivity index (χ0) is 17.9. The van der Waals surface area contributed by atoms with E-state index in [1.165, 1.54) is 6.26 Å². The molecule has 0 N–H and O–H groups in total. The molecular weight excluding hydrogens is 342 g/mol. The van der Waals surface area contributed by atoms with E-state index in [0.29, 0.717) is 17.9 Å². The maximum Gasteiger partial charge on any atom is 0.261 e. The van der Waals surface area contributed by atoms with Crippen LogP contribution < -0.4 is 4.74 Å². The molecule has 7 heteroatoms. The van der Waals surface area contributed by atoms with Gasteiger partial charge in [-0.1, -0.05) is 18.2 Å². The minimum Gasteiger partial charge on any atom is -0.484 e. The molecule has 0 saturated carbocycles. The highest BCUT2D eigenvalue weighted by molar-refractivity contribution is 7.91. The van der Waals surface area contributed by atoms with Gasteiger partial charge in [0.15, 0.2) is 16.4 Å². The Morgan fingerprint density at radius 2 is 2.08 bits per heavy atom. The second-order valence-electron chi connectivity index (χ2n) is 6.21. The van der Waals surface area contributed by atoms with E-state index in [1.54, 1.807) is 23.1 Å². The molecule has 2 aromatic rings. The van der Waals surface area contributed by atoms with Crippen molar-refractivity contribution in [2.75, 3.05) is 18.1 Å². The largest absolute Gasteiger partial charge is 0.484 e. The van der Waals surface area contributed by atoms with Crippen LogP contribution in [0.4, 0.5) is 0 Å². The summed E-state index contributed by atoms with van der Waals surface area (Å²) in [5, 5.41) is 0. The number of para-hydroxylation sites is 1. The molecule has 1 unspecified atom stereocenters. The lowest BCUT2D eigenvalue weighted by atomic mass is 10.2. The average molecular weight is 363 g/mol. The highest BCUT2D eigenvalue weighted by Gasteiger charge is 2.35. The molecular formula is C18H21NO5S. The lowest BCUT2D eigenvalue weighted by Crippen LogP contribution is -2.43. The van der Waals surface area contributed by atoms with Gasteiger partial charge in [0, 0.05) is 6.04 Å². The molecule has 2 heterocycles. The Balaban J connectivity index is 1.71. The van der Waals surface area contributed by atoms with E-state index in [2.05, 4.69) is 0 Å². The van der Waals surface area contributed by atoms with Crippen LogP contribution in [0.15, 0.2) is 47.1 Å². The molecule has 1 aromatic carbocycles. The minimum absolute atomic E-state index is 0.0101. The van der Waals surface area contributed by atoms with Crippen LogP contribution in [0.25, 0.3) is 0 Å². The fourth-order valence-electron chi connectivity index (χ4n) is 2.95. The normalized spacial score (nSPS) is 18.8. The summed E-state index contributed by atoms with van der Waals surface area (Å²) in [5.41, 5.74) is 0.941. The van der Waals surface area contributed by atoms with Gasteiger partial charge in [0.05, 0.1) is 24.3 Å². The number of amides is 1. The summed E-state index contributed by atoms with van der Waals surface area (Å²) < 4.78 is 34.6. The maximum atomic E-state index is 12.7. The molecule has 0 bridgehead atoms. The zero-order valence-electron chi connectivity index (χ0n) is 14.1. The highest BCUT2D eigenvalue weighted by Crippen LogP contribution is 2.21. The standard InChI is InChI=1S/C18H21NO5S/c1-14-5-2-3-7-17(14)24-12-18(20)19(11-16-6-4-9-23-16)15-8-10-25(21,22)13-15/h2-7,9,15H,8,10-13H2,1H3. The first kappa shape index (κ1) is 17.5. The Morgan fingerprint density at radius 1 is 1.28 bits per heavy atom. The van der Waals surface area contributed by atoms with Gasteiger partial charge >= 0.3 is 0 Å². The van der Waals surface area contributed by atoms with Gasteiger partial charge < -0.3 is 14.1 Å². The second-order valence-corrected chi connectivity index (χ2v) is 8.44. The first-order chi connectivity index (χ1) is 11.9. The summed E-state index contributed by atoms with van der Waals surface area (Å²) in [5.74, 6) is 1.12. The Bertz CT molecular complexity index is 829. The number of sulfone groups is 1. The van der Waals surface area contributed by atoms with Crippen LogP contribution in [0.5, 0.6) is 5.75 Å². The van der Waals surface area contributed by atoms with E-state index in [9.17, 15) is 13.2 Å². The first-order valence-electron chi connectivity index (χ1n) is 8.15. The average Bonchev–Trinajstić information content (AvgIpc) is 3.20. The smallest absolute Gasteiger partial charge is 0.261 e. The SMILES string of the molecule is Cc1ccccc1OCC(=O)N(Cc1ccco1)C1CCS(=O)(=O)C1. The molecule has 0 spiro atoms. The van der Waals surface area contributed by atoms with E-state index >= 15 is 0 Å². The molecule has 1 aromatic heterocycles. The molecule has 1 aliphatic rings. The van der Waals surface area contributed by atoms with E-state index < -0.39 is 9.84 Å². The summed E-state index contributed by atoms with van der Waals surface area (Å²) in [7, 11) is -3.09. The molecule has 6 nitrogen and oxygen atoms in total. The monoisotopic (exact) mass is 363 g/mol. The van der Waals surface area contributed by atoms with Crippen molar-refractivity contribution in [2.45, 2.75) is 25.9 Å². The van der Waals surface area contributed by atoms with Gasteiger partial charge in [-0.05, 0) is 37.1 Å². The van der Waals surface area contributed by atoms with Crippen molar-refractivity contribution in [3.63, 3.8) is 0 Å². The number of nitrogens with zero attached hydrogens (tertiary/aromatic N) is 1. The molecule has 1 saturated heterocycles. The van der Waals surface area contributed by atoms with Crippen LogP contribution in [0.1, 0.15) is 17.7 Å². The van der Waals surface area contributed by atoms with Gasteiger partial charge in [0.25, 0.3) is 5.91 Å². The van der Waals surface area contributed by atoms with Gasteiger partial charge in [-0.15, -0.1) is 0 Å². The number of furan rings is 1.